The SMILES string of the molecule is C=C1CCC(n2cc(-c3cccc(OCC45CCC(CC4)O5)c3)c3c(N)ncnc32)CC1. The minimum atomic E-state index is -0.0834. The van der Waals surface area contributed by atoms with Gasteiger partial charge in [0.1, 0.15) is 35.7 Å². The van der Waals surface area contributed by atoms with E-state index in [1.54, 1.807) is 6.33 Å². The summed E-state index contributed by atoms with van der Waals surface area (Å²) in [6.45, 7) is 4.78. The molecule has 1 aliphatic carbocycles. The van der Waals surface area contributed by atoms with Crippen LogP contribution in [0, 0.1) is 0 Å². The first-order valence-corrected chi connectivity index (χ1v) is 11.8. The number of nitrogens with two attached hydrogens (primary N) is 1. The monoisotopic (exact) mass is 430 g/mol. The molecule has 2 aromatic heterocycles. The normalized spacial score (nSPS) is 25.6. The number of anilines is 1. The predicted octanol–water partition coefficient (Wildman–Crippen LogP) is 5.44. The first-order chi connectivity index (χ1) is 15.6. The second-order valence-corrected chi connectivity index (χ2v) is 9.71. The average molecular weight is 431 g/mol. The van der Waals surface area contributed by atoms with Crippen molar-refractivity contribution in [3.05, 3.63) is 48.9 Å². The molecule has 1 aromatic carbocycles. The van der Waals surface area contributed by atoms with Crippen LogP contribution >= 0.6 is 0 Å². The molecule has 4 heterocycles. The molecule has 0 amide bonds. The van der Waals surface area contributed by atoms with Gasteiger partial charge < -0.3 is 19.8 Å². The van der Waals surface area contributed by atoms with Crippen molar-refractivity contribution in [3.63, 3.8) is 0 Å². The van der Waals surface area contributed by atoms with Gasteiger partial charge >= 0.3 is 0 Å². The Hall–Kier alpha value is -2.86. The van der Waals surface area contributed by atoms with Crippen LogP contribution < -0.4 is 10.5 Å². The summed E-state index contributed by atoms with van der Waals surface area (Å²) in [4.78, 5) is 8.91. The molecule has 3 fully saturated rings. The number of hydrogen-bond acceptors (Lipinski definition) is 5. The maximum Gasteiger partial charge on any atom is 0.146 e. The van der Waals surface area contributed by atoms with Crippen LogP contribution in [0.15, 0.2) is 48.9 Å². The third kappa shape index (κ3) is 3.37. The first kappa shape index (κ1) is 19.8. The van der Waals surface area contributed by atoms with Crippen molar-refractivity contribution in [2.45, 2.75) is 69.1 Å². The fourth-order valence-electron chi connectivity index (χ4n) is 5.75. The minimum absolute atomic E-state index is 0.0834. The molecule has 32 heavy (non-hydrogen) atoms. The Morgan fingerprint density at radius 2 is 1.97 bits per heavy atom. The molecule has 2 N–H and O–H groups in total. The van der Waals surface area contributed by atoms with Crippen LogP contribution in [0.4, 0.5) is 5.82 Å². The molecule has 6 heteroatoms. The topological polar surface area (TPSA) is 75.2 Å². The highest BCUT2D eigenvalue weighted by atomic mass is 16.6. The maximum absolute atomic E-state index is 6.35. The molecule has 166 valence electrons. The summed E-state index contributed by atoms with van der Waals surface area (Å²) >= 11 is 0. The minimum Gasteiger partial charge on any atom is -0.491 e. The number of aromatic nitrogens is 3. The van der Waals surface area contributed by atoms with Crippen LogP contribution in [-0.2, 0) is 4.74 Å². The molecule has 3 aliphatic rings. The van der Waals surface area contributed by atoms with Gasteiger partial charge in [0.05, 0.1) is 11.5 Å². The second-order valence-electron chi connectivity index (χ2n) is 9.71. The average Bonchev–Trinajstić information content (AvgIpc) is 3.53. The molecule has 6 nitrogen and oxygen atoms in total. The first-order valence-electron chi connectivity index (χ1n) is 11.8. The standard InChI is InChI=1S/C26H30N4O2/c1-17-5-7-19(8-6-17)30-14-22(23-24(27)28-16-29-25(23)30)18-3-2-4-21(13-18)31-15-26-11-9-20(32-26)10-12-26/h2-4,13-14,16,19-20H,1,5-12,15H2,(H2,27,28,29). The van der Waals surface area contributed by atoms with Crippen molar-refractivity contribution in [1.29, 1.82) is 0 Å². The Kier molecular flexibility index (Phi) is 4.72. The fraction of sp³-hybridized carbons (Fsp3) is 0.462. The van der Waals surface area contributed by atoms with Gasteiger partial charge in [0.25, 0.3) is 0 Å². The van der Waals surface area contributed by atoms with Crippen LogP contribution in [-0.4, -0.2) is 32.8 Å². The van der Waals surface area contributed by atoms with Crippen molar-refractivity contribution < 1.29 is 9.47 Å². The van der Waals surface area contributed by atoms with Gasteiger partial charge in [-0.25, -0.2) is 9.97 Å². The molecule has 0 atom stereocenters. The Bertz CT molecular complexity index is 1170. The van der Waals surface area contributed by atoms with Gasteiger partial charge in [-0.2, -0.15) is 0 Å². The molecule has 1 saturated carbocycles. The fourth-order valence-corrected chi connectivity index (χ4v) is 5.75. The Balaban J connectivity index is 1.33. The van der Waals surface area contributed by atoms with E-state index in [1.165, 1.54) is 5.57 Å². The molecule has 2 saturated heterocycles. The van der Waals surface area contributed by atoms with Crippen LogP contribution in [0.1, 0.15) is 57.4 Å². The zero-order valence-electron chi connectivity index (χ0n) is 18.4. The summed E-state index contributed by atoms with van der Waals surface area (Å²) in [7, 11) is 0. The van der Waals surface area contributed by atoms with Gasteiger partial charge in [0.15, 0.2) is 0 Å². The van der Waals surface area contributed by atoms with Crippen molar-refractivity contribution in [3.8, 4) is 16.9 Å². The lowest BCUT2D eigenvalue weighted by Gasteiger charge is -2.25. The molecule has 0 radical (unpaired) electrons. The zero-order valence-corrected chi connectivity index (χ0v) is 18.4. The van der Waals surface area contributed by atoms with Gasteiger partial charge in [-0.1, -0.05) is 24.3 Å². The van der Waals surface area contributed by atoms with E-state index in [-0.39, 0.29) is 5.60 Å². The number of rotatable bonds is 5. The summed E-state index contributed by atoms with van der Waals surface area (Å²) in [5.74, 6) is 1.38. The van der Waals surface area contributed by atoms with Crippen molar-refractivity contribution in [2.75, 3.05) is 12.3 Å². The molecule has 2 bridgehead atoms. The molecule has 0 spiro atoms. The Morgan fingerprint density at radius 1 is 1.16 bits per heavy atom. The summed E-state index contributed by atoms with van der Waals surface area (Å²) in [6.07, 6.45) is 13.0. The van der Waals surface area contributed by atoms with Crippen molar-refractivity contribution >= 4 is 16.9 Å². The van der Waals surface area contributed by atoms with Crippen molar-refractivity contribution in [2.24, 2.45) is 0 Å². The van der Waals surface area contributed by atoms with E-state index in [0.717, 1.165) is 79.3 Å². The molecule has 3 aromatic rings. The zero-order chi connectivity index (χ0) is 21.7. The maximum atomic E-state index is 6.35. The van der Waals surface area contributed by atoms with E-state index in [9.17, 15) is 0 Å². The van der Waals surface area contributed by atoms with Crippen LogP contribution in [0.25, 0.3) is 22.2 Å². The lowest BCUT2D eigenvalue weighted by molar-refractivity contribution is -0.0198. The van der Waals surface area contributed by atoms with Gasteiger partial charge in [0, 0.05) is 17.8 Å². The highest BCUT2D eigenvalue weighted by Crippen LogP contribution is 2.44. The molecule has 6 rings (SSSR count). The summed E-state index contributed by atoms with van der Waals surface area (Å²) in [5.41, 5.74) is 10.7. The lowest BCUT2D eigenvalue weighted by atomic mass is 9.89. The Labute approximate surface area is 188 Å². The predicted molar refractivity (Wildman–Crippen MR) is 126 cm³/mol. The van der Waals surface area contributed by atoms with Gasteiger partial charge in [-0.15, -0.1) is 0 Å². The summed E-state index contributed by atoms with van der Waals surface area (Å²) in [6, 6.07) is 8.68. The number of benzene rings is 1. The summed E-state index contributed by atoms with van der Waals surface area (Å²) in [5, 5.41) is 0.922. The molecular weight excluding hydrogens is 400 g/mol. The van der Waals surface area contributed by atoms with Crippen LogP contribution in [0.2, 0.25) is 0 Å². The number of allylic oxidation sites excluding steroid dienone is 1. The van der Waals surface area contributed by atoms with Crippen LogP contribution in [0.5, 0.6) is 5.75 Å². The molecular formula is C26H30N4O2. The lowest BCUT2D eigenvalue weighted by Crippen LogP contribution is -2.32. The van der Waals surface area contributed by atoms with Crippen LogP contribution in [0.3, 0.4) is 0 Å². The highest BCUT2D eigenvalue weighted by Gasteiger charge is 2.46. The molecule has 2 aliphatic heterocycles. The smallest absolute Gasteiger partial charge is 0.146 e. The quantitative estimate of drug-likeness (QED) is 0.545. The largest absolute Gasteiger partial charge is 0.491 e. The number of hydrogen-bond donors (Lipinski definition) is 1. The second kappa shape index (κ2) is 7.62. The van der Waals surface area contributed by atoms with E-state index >= 15 is 0 Å². The Morgan fingerprint density at radius 3 is 2.72 bits per heavy atom. The third-order valence-corrected chi connectivity index (χ3v) is 7.60. The number of fused-ring (bicyclic) bond motifs is 3. The van der Waals surface area contributed by atoms with Gasteiger partial charge in [0.2, 0.25) is 0 Å². The van der Waals surface area contributed by atoms with E-state index in [2.05, 4.69) is 39.4 Å². The van der Waals surface area contributed by atoms with E-state index in [4.69, 9.17) is 15.2 Å². The summed E-state index contributed by atoms with van der Waals surface area (Å²) < 4.78 is 14.7. The van der Waals surface area contributed by atoms with E-state index in [1.807, 2.05) is 12.1 Å². The van der Waals surface area contributed by atoms with Gasteiger partial charge in [-0.3, -0.25) is 0 Å². The highest BCUT2D eigenvalue weighted by molar-refractivity contribution is 6.00. The number of nitrogens with zero attached hydrogens (tertiary/aromatic N) is 3. The number of nitrogen functional groups attached to an aromatic ring is 1. The number of ether oxygens (including phenoxy) is 2. The molecule has 0 unspecified atom stereocenters. The van der Waals surface area contributed by atoms with E-state index < -0.39 is 0 Å². The van der Waals surface area contributed by atoms with Crippen molar-refractivity contribution in [1.82, 2.24) is 14.5 Å². The third-order valence-electron chi connectivity index (χ3n) is 7.60. The van der Waals surface area contributed by atoms with E-state index in [0.29, 0.717) is 24.6 Å². The van der Waals surface area contributed by atoms with Gasteiger partial charge in [-0.05, 0) is 69.1 Å².